The van der Waals surface area contributed by atoms with Crippen molar-refractivity contribution in [2.24, 2.45) is 0 Å². The average molecular weight is 381 g/mol. The van der Waals surface area contributed by atoms with Crippen LogP contribution < -0.4 is 10.2 Å². The molecule has 3 rings (SSSR count). The van der Waals surface area contributed by atoms with Gasteiger partial charge in [-0.25, -0.2) is 0 Å². The van der Waals surface area contributed by atoms with Crippen LogP contribution >= 0.6 is 0 Å². The zero-order valence-corrected chi connectivity index (χ0v) is 18.6. The number of ether oxygens (including phenoxy) is 1. The molecule has 0 unspecified atom stereocenters. The summed E-state index contributed by atoms with van der Waals surface area (Å²) in [6.45, 7) is 16.8. The lowest BCUT2D eigenvalue weighted by Crippen LogP contribution is -2.41. The Balaban J connectivity index is 2.03. The second-order valence-electron chi connectivity index (χ2n) is 9.62. The summed E-state index contributed by atoms with van der Waals surface area (Å²) in [5.41, 5.74) is 4.42. The maximum Gasteiger partial charge on any atom is 0.498 e. The predicted molar refractivity (Wildman–Crippen MR) is 115 cm³/mol. The molecule has 1 aromatic heterocycles. The molecule has 150 valence electrons. The number of rotatable bonds is 3. The number of hydrogen-bond acceptors (Lipinski definition) is 4. The minimum Gasteiger partial charge on any atom is -0.497 e. The van der Waals surface area contributed by atoms with E-state index in [0.29, 0.717) is 0 Å². The van der Waals surface area contributed by atoms with Gasteiger partial charge in [-0.3, -0.25) is 4.98 Å². The summed E-state index contributed by atoms with van der Waals surface area (Å²) in [6.07, 6.45) is 0. The first kappa shape index (κ1) is 20.9. The van der Waals surface area contributed by atoms with Crippen molar-refractivity contribution in [1.82, 2.24) is 4.98 Å². The van der Waals surface area contributed by atoms with Crippen LogP contribution in [0.5, 0.6) is 5.75 Å². The monoisotopic (exact) mass is 381 g/mol. The lowest BCUT2D eigenvalue weighted by atomic mass is 9.77. The Hall–Kier alpha value is -1.85. The highest BCUT2D eigenvalue weighted by atomic mass is 16.7. The lowest BCUT2D eigenvalue weighted by Gasteiger charge is -2.32. The van der Waals surface area contributed by atoms with E-state index in [1.54, 1.807) is 7.11 Å². The van der Waals surface area contributed by atoms with Gasteiger partial charge in [0.05, 0.1) is 18.3 Å². The molecule has 1 fully saturated rings. The molecule has 2 heterocycles. The van der Waals surface area contributed by atoms with E-state index in [1.165, 1.54) is 0 Å². The smallest absolute Gasteiger partial charge is 0.497 e. The molecule has 1 aliphatic heterocycles. The van der Waals surface area contributed by atoms with Crippen molar-refractivity contribution in [2.45, 2.75) is 72.0 Å². The number of nitrogens with zero attached hydrogens (tertiary/aromatic N) is 1. The topological polar surface area (TPSA) is 40.6 Å². The van der Waals surface area contributed by atoms with E-state index >= 15 is 0 Å². The third-order valence-electron chi connectivity index (χ3n) is 5.90. The molecule has 28 heavy (non-hydrogen) atoms. The molecule has 1 aromatic carbocycles. The second kappa shape index (κ2) is 6.89. The summed E-state index contributed by atoms with van der Waals surface area (Å²) in [7, 11) is 1.20. The highest BCUT2D eigenvalue weighted by Crippen LogP contribution is 2.37. The molecule has 0 aliphatic carbocycles. The fourth-order valence-electron chi connectivity index (χ4n) is 3.34. The number of hydrogen-bond donors (Lipinski definition) is 0. The fourth-order valence-corrected chi connectivity index (χ4v) is 3.34. The molecule has 2 aromatic rings. The third-order valence-corrected chi connectivity index (χ3v) is 5.90. The van der Waals surface area contributed by atoms with Crippen molar-refractivity contribution in [3.63, 3.8) is 0 Å². The Morgan fingerprint density at radius 2 is 1.57 bits per heavy atom. The number of aryl methyl sites for hydroxylation is 1. The van der Waals surface area contributed by atoms with E-state index in [9.17, 15) is 0 Å². The first-order valence-electron chi connectivity index (χ1n) is 9.88. The van der Waals surface area contributed by atoms with Crippen LogP contribution in [0.4, 0.5) is 0 Å². The van der Waals surface area contributed by atoms with Gasteiger partial charge >= 0.3 is 7.12 Å². The molecule has 0 saturated carbocycles. The number of pyridine rings is 1. The van der Waals surface area contributed by atoms with Crippen LogP contribution in [-0.2, 0) is 14.7 Å². The molecular weight excluding hydrogens is 349 g/mol. The Morgan fingerprint density at radius 1 is 0.964 bits per heavy atom. The molecule has 0 amide bonds. The van der Waals surface area contributed by atoms with Crippen LogP contribution in [0.15, 0.2) is 30.3 Å². The highest BCUT2D eigenvalue weighted by Gasteiger charge is 2.52. The van der Waals surface area contributed by atoms with Crippen molar-refractivity contribution >= 4 is 12.6 Å². The SMILES string of the molecule is COc1ccc(-c2ccc(C(C)(C)C)nc2C)cc1B1OC(C)(C)C(C)(C)O1. The first-order valence-corrected chi connectivity index (χ1v) is 9.88. The quantitative estimate of drug-likeness (QED) is 0.725. The molecule has 4 nitrogen and oxygen atoms in total. The second-order valence-corrected chi connectivity index (χ2v) is 9.62. The van der Waals surface area contributed by atoms with Gasteiger partial charge in [-0.2, -0.15) is 0 Å². The van der Waals surface area contributed by atoms with E-state index in [-0.39, 0.29) is 5.41 Å². The summed E-state index contributed by atoms with van der Waals surface area (Å²) in [5, 5.41) is 0. The molecule has 5 heteroatoms. The molecule has 1 aliphatic rings. The Kier molecular flexibility index (Phi) is 5.14. The maximum atomic E-state index is 6.26. The Bertz CT molecular complexity index is 868. The predicted octanol–water partition coefficient (Wildman–Crippen LogP) is 4.66. The van der Waals surface area contributed by atoms with Gasteiger partial charge in [0.2, 0.25) is 0 Å². The van der Waals surface area contributed by atoms with Crippen molar-refractivity contribution in [3.05, 3.63) is 41.7 Å². The molecule has 0 bridgehead atoms. The Morgan fingerprint density at radius 3 is 2.07 bits per heavy atom. The van der Waals surface area contributed by atoms with Crippen LogP contribution in [0.25, 0.3) is 11.1 Å². The van der Waals surface area contributed by atoms with Crippen LogP contribution in [-0.4, -0.2) is 30.4 Å². The van der Waals surface area contributed by atoms with E-state index in [4.69, 9.17) is 19.0 Å². The van der Waals surface area contributed by atoms with E-state index in [1.807, 2.05) is 6.07 Å². The Labute approximate surface area is 169 Å². The molecule has 0 atom stereocenters. The van der Waals surface area contributed by atoms with Crippen LogP contribution in [0.1, 0.15) is 59.9 Å². The molecular formula is C23H32BNO3. The van der Waals surface area contributed by atoms with Gasteiger partial charge in [-0.1, -0.05) is 39.0 Å². The molecule has 0 spiro atoms. The van der Waals surface area contributed by atoms with Crippen LogP contribution in [0.3, 0.4) is 0 Å². The lowest BCUT2D eigenvalue weighted by molar-refractivity contribution is 0.00578. The average Bonchev–Trinajstić information content (AvgIpc) is 2.81. The third kappa shape index (κ3) is 3.70. The summed E-state index contributed by atoms with van der Waals surface area (Å²) in [5.74, 6) is 0.763. The summed E-state index contributed by atoms with van der Waals surface area (Å²) in [6, 6.07) is 10.4. The first-order chi connectivity index (χ1) is 12.9. The van der Waals surface area contributed by atoms with E-state index in [0.717, 1.165) is 33.7 Å². The standard InChI is InChI=1S/C23H32BNO3/c1-15-17(11-13-20(25-15)21(2,3)4)16-10-12-19(26-9)18(14-16)24-27-22(5,6)23(7,8)28-24/h10-14H,1-9H3. The zero-order chi connectivity index (χ0) is 20.9. The zero-order valence-electron chi connectivity index (χ0n) is 18.6. The fraction of sp³-hybridized carbons (Fsp3) is 0.522. The largest absolute Gasteiger partial charge is 0.498 e. The van der Waals surface area contributed by atoms with E-state index in [2.05, 4.69) is 79.7 Å². The van der Waals surface area contributed by atoms with Crippen molar-refractivity contribution in [3.8, 4) is 16.9 Å². The maximum absolute atomic E-state index is 6.26. The highest BCUT2D eigenvalue weighted by molar-refractivity contribution is 6.63. The molecule has 1 saturated heterocycles. The van der Waals surface area contributed by atoms with Crippen molar-refractivity contribution in [1.29, 1.82) is 0 Å². The van der Waals surface area contributed by atoms with Gasteiger partial charge in [0, 0.05) is 27.8 Å². The summed E-state index contributed by atoms with van der Waals surface area (Å²) >= 11 is 0. The van der Waals surface area contributed by atoms with Crippen LogP contribution in [0.2, 0.25) is 0 Å². The van der Waals surface area contributed by atoms with Gasteiger partial charge in [0.1, 0.15) is 5.75 Å². The van der Waals surface area contributed by atoms with Crippen molar-refractivity contribution < 1.29 is 14.0 Å². The van der Waals surface area contributed by atoms with Gasteiger partial charge in [-0.15, -0.1) is 0 Å². The van der Waals surface area contributed by atoms with Gasteiger partial charge in [0.15, 0.2) is 0 Å². The minimum absolute atomic E-state index is 0.0249. The normalized spacial score (nSPS) is 18.4. The van der Waals surface area contributed by atoms with Gasteiger partial charge < -0.3 is 14.0 Å². The van der Waals surface area contributed by atoms with Gasteiger partial charge in [0.25, 0.3) is 0 Å². The van der Waals surface area contributed by atoms with Gasteiger partial charge in [-0.05, 0) is 52.3 Å². The summed E-state index contributed by atoms with van der Waals surface area (Å²) in [4.78, 5) is 4.84. The molecule has 0 N–H and O–H groups in total. The summed E-state index contributed by atoms with van der Waals surface area (Å²) < 4.78 is 18.1. The molecule has 0 radical (unpaired) electrons. The minimum atomic E-state index is -0.470. The van der Waals surface area contributed by atoms with Crippen LogP contribution in [0, 0.1) is 6.92 Å². The number of methoxy groups -OCH3 is 1. The van der Waals surface area contributed by atoms with E-state index < -0.39 is 18.3 Å². The van der Waals surface area contributed by atoms with Crippen molar-refractivity contribution in [2.75, 3.05) is 7.11 Å². The number of aromatic nitrogens is 1. The number of benzene rings is 1.